The zero-order chi connectivity index (χ0) is 19.6. The molecule has 1 aromatic rings. The first-order chi connectivity index (χ1) is 12.8. The van der Waals surface area contributed by atoms with Crippen molar-refractivity contribution in [1.29, 1.82) is 0 Å². The van der Waals surface area contributed by atoms with E-state index in [0.717, 1.165) is 31.6 Å². The molecule has 0 radical (unpaired) electrons. The predicted molar refractivity (Wildman–Crippen MR) is 103 cm³/mol. The van der Waals surface area contributed by atoms with Crippen LogP contribution in [0.3, 0.4) is 0 Å². The van der Waals surface area contributed by atoms with Crippen LogP contribution >= 0.6 is 0 Å². The Morgan fingerprint density at radius 3 is 2.30 bits per heavy atom. The van der Waals surface area contributed by atoms with Crippen LogP contribution in [0, 0.1) is 0 Å². The average molecular weight is 394 g/mol. The molecule has 0 aliphatic carbocycles. The molecule has 2 aliphatic heterocycles. The molecule has 7 nitrogen and oxygen atoms in total. The minimum atomic E-state index is -3.18. The fraction of sp³-hybridized carbons (Fsp3) is 0.579. The van der Waals surface area contributed by atoms with E-state index >= 15 is 0 Å². The van der Waals surface area contributed by atoms with Gasteiger partial charge in [-0.15, -0.1) is 0 Å². The highest BCUT2D eigenvalue weighted by Crippen LogP contribution is 2.23. The van der Waals surface area contributed by atoms with Crippen LogP contribution in [0.1, 0.15) is 32.6 Å². The van der Waals surface area contributed by atoms with E-state index in [-0.39, 0.29) is 29.7 Å². The van der Waals surface area contributed by atoms with E-state index in [1.54, 1.807) is 26.1 Å². The Labute approximate surface area is 160 Å². The summed E-state index contributed by atoms with van der Waals surface area (Å²) < 4.78 is 23.8. The molecule has 2 aliphatic rings. The van der Waals surface area contributed by atoms with E-state index in [1.807, 2.05) is 12.1 Å². The number of amides is 2. The number of nitrogens with one attached hydrogen (secondary N) is 1. The molecule has 0 aromatic heterocycles. The zero-order valence-corrected chi connectivity index (χ0v) is 16.7. The number of likely N-dealkylation sites (N-methyl/N-ethyl adjacent to an activating group) is 1. The minimum Gasteiger partial charge on any atom is -0.371 e. The molecular weight excluding hydrogens is 366 g/mol. The summed E-state index contributed by atoms with van der Waals surface area (Å²) in [6.07, 6.45) is 2.68. The Morgan fingerprint density at radius 1 is 1.15 bits per heavy atom. The Hall–Kier alpha value is -2.09. The topological polar surface area (TPSA) is 86.8 Å². The zero-order valence-electron chi connectivity index (χ0n) is 15.8. The van der Waals surface area contributed by atoms with Gasteiger partial charge in [0.05, 0.1) is 10.6 Å². The van der Waals surface area contributed by atoms with Crippen molar-refractivity contribution >= 4 is 27.3 Å². The molecule has 27 heavy (non-hydrogen) atoms. The Balaban J connectivity index is 1.53. The van der Waals surface area contributed by atoms with E-state index in [1.165, 1.54) is 4.90 Å². The highest BCUT2D eigenvalue weighted by Gasteiger charge is 2.34. The predicted octanol–water partition coefficient (Wildman–Crippen LogP) is 1.19. The maximum atomic E-state index is 12.4. The lowest BCUT2D eigenvalue weighted by molar-refractivity contribution is -0.134. The molecule has 1 atom stereocenters. The van der Waals surface area contributed by atoms with Gasteiger partial charge >= 0.3 is 0 Å². The van der Waals surface area contributed by atoms with Crippen LogP contribution in [0.5, 0.6) is 0 Å². The fourth-order valence-electron chi connectivity index (χ4n) is 3.72. The van der Waals surface area contributed by atoms with Crippen LogP contribution in [0.4, 0.5) is 5.69 Å². The number of benzene rings is 1. The van der Waals surface area contributed by atoms with Crippen molar-refractivity contribution in [1.82, 2.24) is 10.2 Å². The third kappa shape index (κ3) is 4.26. The van der Waals surface area contributed by atoms with Gasteiger partial charge in [0, 0.05) is 38.3 Å². The first kappa shape index (κ1) is 19.7. The molecule has 2 fully saturated rings. The number of likely N-dealkylation sites (tertiary alicyclic amines) is 1. The van der Waals surface area contributed by atoms with Crippen molar-refractivity contribution in [3.63, 3.8) is 0 Å². The Bertz CT molecular complexity index is 799. The second-order valence-corrected chi connectivity index (χ2v) is 9.50. The number of carbonyl (C=O) groups is 2. The van der Waals surface area contributed by atoms with Gasteiger partial charge in [-0.25, -0.2) is 8.42 Å². The van der Waals surface area contributed by atoms with Crippen molar-refractivity contribution < 1.29 is 18.0 Å². The quantitative estimate of drug-likeness (QED) is 0.812. The van der Waals surface area contributed by atoms with Gasteiger partial charge in [-0.1, -0.05) is 6.92 Å². The van der Waals surface area contributed by atoms with Crippen LogP contribution in [-0.4, -0.2) is 63.1 Å². The van der Waals surface area contributed by atoms with Crippen LogP contribution in [0.25, 0.3) is 0 Å². The number of hydrogen-bond donors (Lipinski definition) is 1. The van der Waals surface area contributed by atoms with Crippen LogP contribution in [-0.2, 0) is 19.4 Å². The molecule has 1 N–H and O–H groups in total. The molecule has 2 amide bonds. The SMILES string of the molecule is CCS(=O)(=O)c1ccc(N2CCC(NC(=O)C3CCC(=O)N3C)CC2)cc1. The van der Waals surface area contributed by atoms with Crippen LogP contribution < -0.4 is 10.2 Å². The Kier molecular flexibility index (Phi) is 5.74. The van der Waals surface area contributed by atoms with Gasteiger partial charge in [0.15, 0.2) is 9.84 Å². The van der Waals surface area contributed by atoms with Gasteiger partial charge < -0.3 is 15.1 Å². The first-order valence-corrected chi connectivity index (χ1v) is 11.1. The van der Waals surface area contributed by atoms with Gasteiger partial charge in [0.25, 0.3) is 0 Å². The molecule has 1 aromatic carbocycles. The summed E-state index contributed by atoms with van der Waals surface area (Å²) in [6.45, 7) is 3.23. The third-order valence-corrected chi connectivity index (χ3v) is 7.33. The van der Waals surface area contributed by atoms with Crippen molar-refractivity contribution in [2.45, 2.75) is 49.6 Å². The van der Waals surface area contributed by atoms with Gasteiger partial charge in [-0.05, 0) is 43.5 Å². The average Bonchev–Trinajstić information content (AvgIpc) is 3.01. The summed E-state index contributed by atoms with van der Waals surface area (Å²) in [5.74, 6) is 0.0635. The summed E-state index contributed by atoms with van der Waals surface area (Å²) in [6, 6.07) is 6.78. The van der Waals surface area contributed by atoms with Crippen molar-refractivity contribution in [2.24, 2.45) is 0 Å². The molecule has 8 heteroatoms. The van der Waals surface area contributed by atoms with Gasteiger partial charge in [-0.2, -0.15) is 0 Å². The van der Waals surface area contributed by atoms with Crippen molar-refractivity contribution in [3.8, 4) is 0 Å². The van der Waals surface area contributed by atoms with Crippen LogP contribution in [0.2, 0.25) is 0 Å². The summed E-state index contributed by atoms with van der Waals surface area (Å²) in [4.78, 5) is 28.1. The molecule has 0 bridgehead atoms. The second-order valence-electron chi connectivity index (χ2n) is 7.23. The molecule has 0 spiro atoms. The van der Waals surface area contributed by atoms with E-state index in [2.05, 4.69) is 10.2 Å². The summed E-state index contributed by atoms with van der Waals surface area (Å²) in [5, 5.41) is 3.08. The standard InChI is InChI=1S/C19H27N3O4S/c1-3-27(25,26)16-6-4-15(5-7-16)22-12-10-14(11-13-22)20-19(24)17-8-9-18(23)21(17)2/h4-7,14,17H,3,8-13H2,1-2H3,(H,20,24). The number of rotatable bonds is 5. The molecule has 3 rings (SSSR count). The van der Waals surface area contributed by atoms with Gasteiger partial charge in [-0.3, -0.25) is 9.59 Å². The molecular formula is C19H27N3O4S. The molecule has 0 saturated carbocycles. The van der Waals surface area contributed by atoms with E-state index in [0.29, 0.717) is 17.7 Å². The largest absolute Gasteiger partial charge is 0.371 e. The number of carbonyl (C=O) groups excluding carboxylic acids is 2. The maximum absolute atomic E-state index is 12.4. The second kappa shape index (κ2) is 7.88. The monoisotopic (exact) mass is 393 g/mol. The van der Waals surface area contributed by atoms with E-state index in [4.69, 9.17) is 0 Å². The van der Waals surface area contributed by atoms with Crippen molar-refractivity contribution in [3.05, 3.63) is 24.3 Å². The maximum Gasteiger partial charge on any atom is 0.243 e. The fourth-order valence-corrected chi connectivity index (χ4v) is 4.61. The molecule has 1 unspecified atom stereocenters. The summed E-state index contributed by atoms with van der Waals surface area (Å²) in [5.41, 5.74) is 0.996. The lowest BCUT2D eigenvalue weighted by atomic mass is 10.0. The van der Waals surface area contributed by atoms with Crippen LogP contribution in [0.15, 0.2) is 29.2 Å². The normalized spacial score (nSPS) is 21.6. The number of sulfone groups is 1. The van der Waals surface area contributed by atoms with E-state index < -0.39 is 9.84 Å². The minimum absolute atomic E-state index is 0.0264. The smallest absolute Gasteiger partial charge is 0.243 e. The third-order valence-electron chi connectivity index (χ3n) is 5.58. The van der Waals surface area contributed by atoms with Gasteiger partial charge in [0.2, 0.25) is 11.8 Å². The number of anilines is 1. The summed E-state index contributed by atoms with van der Waals surface area (Å²) in [7, 11) is -1.49. The highest BCUT2D eigenvalue weighted by atomic mass is 32.2. The number of nitrogens with zero attached hydrogens (tertiary/aromatic N) is 2. The molecule has 2 saturated heterocycles. The Morgan fingerprint density at radius 2 is 1.78 bits per heavy atom. The highest BCUT2D eigenvalue weighted by molar-refractivity contribution is 7.91. The summed E-state index contributed by atoms with van der Waals surface area (Å²) >= 11 is 0. The number of piperidine rings is 1. The first-order valence-electron chi connectivity index (χ1n) is 9.45. The lowest BCUT2D eigenvalue weighted by Gasteiger charge is -2.34. The number of hydrogen-bond acceptors (Lipinski definition) is 5. The molecule has 2 heterocycles. The van der Waals surface area contributed by atoms with E-state index in [9.17, 15) is 18.0 Å². The van der Waals surface area contributed by atoms with Gasteiger partial charge in [0.1, 0.15) is 6.04 Å². The molecule has 148 valence electrons. The van der Waals surface area contributed by atoms with Crippen molar-refractivity contribution in [2.75, 3.05) is 30.8 Å². The lowest BCUT2D eigenvalue weighted by Crippen LogP contribution is -2.50.